The zero-order valence-corrected chi connectivity index (χ0v) is 13.3. The van der Waals surface area contributed by atoms with Crippen LogP contribution in [0.3, 0.4) is 0 Å². The Hall–Kier alpha value is -1.01. The molecule has 0 saturated heterocycles. The van der Waals surface area contributed by atoms with Crippen molar-refractivity contribution in [2.24, 2.45) is 0 Å². The van der Waals surface area contributed by atoms with Crippen LogP contribution in [0.4, 0.5) is 5.69 Å². The maximum atomic E-state index is 8.80. The number of nitriles is 1. The van der Waals surface area contributed by atoms with E-state index < -0.39 is 0 Å². The van der Waals surface area contributed by atoms with Gasteiger partial charge in [0.1, 0.15) is 0 Å². The second-order valence-electron chi connectivity index (χ2n) is 4.85. The van der Waals surface area contributed by atoms with Gasteiger partial charge in [-0.2, -0.15) is 5.26 Å². The molecule has 3 heteroatoms. The van der Waals surface area contributed by atoms with Crippen molar-refractivity contribution in [3.8, 4) is 6.07 Å². The molecule has 0 heterocycles. The summed E-state index contributed by atoms with van der Waals surface area (Å²) >= 11 is 3.49. The van der Waals surface area contributed by atoms with Gasteiger partial charge in [0.05, 0.1) is 11.6 Å². The number of hydrogen-bond acceptors (Lipinski definition) is 2. The van der Waals surface area contributed by atoms with E-state index in [1.54, 1.807) is 0 Å². The van der Waals surface area contributed by atoms with Gasteiger partial charge < -0.3 is 5.32 Å². The fourth-order valence-electron chi connectivity index (χ4n) is 2.03. The van der Waals surface area contributed by atoms with Crippen molar-refractivity contribution in [3.63, 3.8) is 0 Å². The second kappa shape index (κ2) is 9.86. The standard InChI is InChI=1S/C16H23BrN2/c1-2-3-4-5-6-7-8-11-19-16-10-9-14(13-18)12-15(16)17/h9-10,12,19H,2-8,11H2,1H3. The Morgan fingerprint density at radius 2 is 1.79 bits per heavy atom. The smallest absolute Gasteiger partial charge is 0.0992 e. The Morgan fingerprint density at radius 1 is 1.11 bits per heavy atom. The number of nitrogens with zero attached hydrogens (tertiary/aromatic N) is 1. The van der Waals surface area contributed by atoms with E-state index in [9.17, 15) is 0 Å². The van der Waals surface area contributed by atoms with Crippen LogP contribution in [0.15, 0.2) is 22.7 Å². The van der Waals surface area contributed by atoms with Gasteiger partial charge in [-0.25, -0.2) is 0 Å². The van der Waals surface area contributed by atoms with E-state index >= 15 is 0 Å². The average Bonchev–Trinajstić information content (AvgIpc) is 2.43. The highest BCUT2D eigenvalue weighted by Crippen LogP contribution is 2.23. The summed E-state index contributed by atoms with van der Waals surface area (Å²) in [5.74, 6) is 0. The number of benzene rings is 1. The van der Waals surface area contributed by atoms with Crippen molar-refractivity contribution in [3.05, 3.63) is 28.2 Å². The lowest BCUT2D eigenvalue weighted by Crippen LogP contribution is -2.02. The van der Waals surface area contributed by atoms with Crippen LogP contribution in [-0.2, 0) is 0 Å². The number of nitrogens with one attached hydrogen (secondary N) is 1. The van der Waals surface area contributed by atoms with E-state index in [1.807, 2.05) is 18.2 Å². The molecule has 19 heavy (non-hydrogen) atoms. The van der Waals surface area contributed by atoms with Crippen molar-refractivity contribution in [1.29, 1.82) is 5.26 Å². The summed E-state index contributed by atoms with van der Waals surface area (Å²) in [6, 6.07) is 7.80. The van der Waals surface area contributed by atoms with E-state index in [2.05, 4.69) is 34.2 Å². The van der Waals surface area contributed by atoms with Gasteiger partial charge in [0.15, 0.2) is 0 Å². The Morgan fingerprint density at radius 3 is 2.42 bits per heavy atom. The van der Waals surface area contributed by atoms with E-state index in [-0.39, 0.29) is 0 Å². The van der Waals surface area contributed by atoms with Gasteiger partial charge in [-0.1, -0.05) is 45.4 Å². The highest BCUT2D eigenvalue weighted by Gasteiger charge is 2.00. The Kier molecular flexibility index (Phi) is 8.33. The zero-order chi connectivity index (χ0) is 13.9. The van der Waals surface area contributed by atoms with Crippen LogP contribution in [0.5, 0.6) is 0 Å². The summed E-state index contributed by atoms with van der Waals surface area (Å²) in [5, 5.41) is 12.2. The normalized spacial score (nSPS) is 10.2. The molecular formula is C16H23BrN2. The molecule has 1 N–H and O–H groups in total. The van der Waals surface area contributed by atoms with Crippen molar-refractivity contribution in [2.75, 3.05) is 11.9 Å². The molecule has 0 bridgehead atoms. The third kappa shape index (κ3) is 6.63. The molecule has 1 rings (SSSR count). The predicted molar refractivity (Wildman–Crippen MR) is 85.3 cm³/mol. The molecule has 104 valence electrons. The van der Waals surface area contributed by atoms with Crippen molar-refractivity contribution in [1.82, 2.24) is 0 Å². The molecule has 0 saturated carbocycles. The largest absolute Gasteiger partial charge is 0.384 e. The van der Waals surface area contributed by atoms with Gasteiger partial charge in [0, 0.05) is 16.7 Å². The van der Waals surface area contributed by atoms with Crippen molar-refractivity contribution >= 4 is 21.6 Å². The number of rotatable bonds is 9. The third-order valence-electron chi connectivity index (χ3n) is 3.19. The van der Waals surface area contributed by atoms with Gasteiger partial charge in [-0.15, -0.1) is 0 Å². The lowest BCUT2D eigenvalue weighted by atomic mass is 10.1. The summed E-state index contributed by atoms with van der Waals surface area (Å²) in [6.45, 7) is 3.25. The highest BCUT2D eigenvalue weighted by atomic mass is 79.9. The van der Waals surface area contributed by atoms with Gasteiger partial charge in [0.25, 0.3) is 0 Å². The molecule has 0 aliphatic carbocycles. The van der Waals surface area contributed by atoms with E-state index in [0.717, 1.165) is 16.7 Å². The molecule has 0 atom stereocenters. The molecule has 0 unspecified atom stereocenters. The summed E-state index contributed by atoms with van der Waals surface area (Å²) in [5.41, 5.74) is 1.76. The fraction of sp³-hybridized carbons (Fsp3) is 0.562. The van der Waals surface area contributed by atoms with E-state index in [0.29, 0.717) is 5.56 Å². The SMILES string of the molecule is CCCCCCCCCNc1ccc(C#N)cc1Br. The molecule has 1 aromatic rings. The molecule has 1 aromatic carbocycles. The van der Waals surface area contributed by atoms with Crippen LogP contribution in [-0.4, -0.2) is 6.54 Å². The van der Waals surface area contributed by atoms with Gasteiger partial charge in [-0.3, -0.25) is 0 Å². The van der Waals surface area contributed by atoms with Crippen molar-refractivity contribution in [2.45, 2.75) is 51.9 Å². The monoisotopic (exact) mass is 322 g/mol. The number of anilines is 1. The minimum absolute atomic E-state index is 0.688. The summed E-state index contributed by atoms with van der Waals surface area (Å²) in [4.78, 5) is 0. The van der Waals surface area contributed by atoms with Gasteiger partial charge in [-0.05, 0) is 40.5 Å². The topological polar surface area (TPSA) is 35.8 Å². The fourth-order valence-corrected chi connectivity index (χ4v) is 2.55. The number of unbranched alkanes of at least 4 members (excludes halogenated alkanes) is 6. The molecule has 2 nitrogen and oxygen atoms in total. The Bertz CT molecular complexity index is 410. The maximum Gasteiger partial charge on any atom is 0.0992 e. The van der Waals surface area contributed by atoms with Crippen LogP contribution < -0.4 is 5.32 Å². The Balaban J connectivity index is 2.14. The van der Waals surface area contributed by atoms with Gasteiger partial charge in [0.2, 0.25) is 0 Å². The highest BCUT2D eigenvalue weighted by molar-refractivity contribution is 9.10. The van der Waals surface area contributed by atoms with Crippen LogP contribution in [0, 0.1) is 11.3 Å². The molecule has 0 aromatic heterocycles. The lowest BCUT2D eigenvalue weighted by Gasteiger charge is -2.08. The first kappa shape index (κ1) is 16.0. The van der Waals surface area contributed by atoms with Crippen molar-refractivity contribution < 1.29 is 0 Å². The zero-order valence-electron chi connectivity index (χ0n) is 11.7. The summed E-state index contributed by atoms with van der Waals surface area (Å²) in [6.07, 6.45) is 9.28. The average molecular weight is 323 g/mol. The summed E-state index contributed by atoms with van der Waals surface area (Å²) < 4.78 is 0.967. The molecule has 0 aliphatic heterocycles. The first-order valence-corrected chi connectivity index (χ1v) is 8.00. The molecule has 0 fully saturated rings. The minimum Gasteiger partial charge on any atom is -0.384 e. The van der Waals surface area contributed by atoms with Crippen LogP contribution in [0.25, 0.3) is 0 Å². The molecule has 0 amide bonds. The first-order chi connectivity index (χ1) is 9.27. The van der Waals surface area contributed by atoms with E-state index in [1.165, 1.54) is 44.9 Å². The first-order valence-electron chi connectivity index (χ1n) is 7.21. The quantitative estimate of drug-likeness (QED) is 0.611. The van der Waals surface area contributed by atoms with Crippen LogP contribution in [0.1, 0.15) is 57.4 Å². The minimum atomic E-state index is 0.688. The van der Waals surface area contributed by atoms with Gasteiger partial charge >= 0.3 is 0 Å². The van der Waals surface area contributed by atoms with Crippen LogP contribution in [0.2, 0.25) is 0 Å². The molecule has 0 spiro atoms. The molecule has 0 radical (unpaired) electrons. The lowest BCUT2D eigenvalue weighted by molar-refractivity contribution is 0.596. The predicted octanol–water partition coefficient (Wildman–Crippen LogP) is 5.48. The second-order valence-corrected chi connectivity index (χ2v) is 5.71. The number of halogens is 1. The summed E-state index contributed by atoms with van der Waals surface area (Å²) in [7, 11) is 0. The van der Waals surface area contributed by atoms with Crippen LogP contribution >= 0.6 is 15.9 Å². The molecule has 0 aliphatic rings. The molecular weight excluding hydrogens is 300 g/mol. The number of hydrogen-bond donors (Lipinski definition) is 1. The third-order valence-corrected chi connectivity index (χ3v) is 3.85. The maximum absolute atomic E-state index is 8.80. The van der Waals surface area contributed by atoms with E-state index in [4.69, 9.17) is 5.26 Å². The Labute approximate surface area is 125 Å².